The second-order valence-corrected chi connectivity index (χ2v) is 5.77. The van der Waals surface area contributed by atoms with Crippen molar-refractivity contribution in [2.75, 3.05) is 6.54 Å². The fourth-order valence-electron chi connectivity index (χ4n) is 3.25. The summed E-state index contributed by atoms with van der Waals surface area (Å²) in [5.41, 5.74) is 1.18. The van der Waals surface area contributed by atoms with E-state index in [1.54, 1.807) is 0 Å². The van der Waals surface area contributed by atoms with E-state index < -0.39 is 0 Å². The van der Waals surface area contributed by atoms with Gasteiger partial charge in [-0.25, -0.2) is 0 Å². The maximum absolute atomic E-state index is 11.9. The van der Waals surface area contributed by atoms with Gasteiger partial charge in [0.2, 0.25) is 0 Å². The molecular formula is C14H21N3O2. The van der Waals surface area contributed by atoms with Crippen molar-refractivity contribution >= 4 is 5.97 Å². The van der Waals surface area contributed by atoms with E-state index in [1.807, 2.05) is 24.7 Å². The lowest BCUT2D eigenvalue weighted by atomic mass is 10.1. The maximum atomic E-state index is 11.9. The van der Waals surface area contributed by atoms with Crippen LogP contribution in [0.3, 0.4) is 0 Å². The van der Waals surface area contributed by atoms with Gasteiger partial charge in [-0.3, -0.25) is 14.4 Å². The van der Waals surface area contributed by atoms with Crippen LogP contribution in [-0.2, 0) is 16.1 Å². The second kappa shape index (κ2) is 4.96. The lowest BCUT2D eigenvalue weighted by Crippen LogP contribution is -2.43. The fraction of sp³-hybridized carbons (Fsp3) is 0.714. The van der Waals surface area contributed by atoms with Gasteiger partial charge in [-0.15, -0.1) is 0 Å². The molecule has 3 heterocycles. The molecule has 0 aromatic carbocycles. The number of aryl methyl sites for hydroxylation is 1. The SMILES string of the molecule is Cc1cnn(C[C@@H]2CCCN2[C@H]2C[C@@H](C)OC2=O)c1. The van der Waals surface area contributed by atoms with E-state index in [4.69, 9.17) is 4.74 Å². The normalized spacial score (nSPS) is 31.9. The van der Waals surface area contributed by atoms with Crippen LogP contribution < -0.4 is 0 Å². The number of cyclic esters (lactones) is 1. The number of hydrogen-bond donors (Lipinski definition) is 0. The van der Waals surface area contributed by atoms with Crippen molar-refractivity contribution in [2.24, 2.45) is 0 Å². The van der Waals surface area contributed by atoms with Crippen LogP contribution in [0.1, 0.15) is 31.7 Å². The van der Waals surface area contributed by atoms with Crippen molar-refractivity contribution in [3.63, 3.8) is 0 Å². The first-order valence-electron chi connectivity index (χ1n) is 7.09. The Morgan fingerprint density at radius 3 is 3.00 bits per heavy atom. The molecule has 1 aromatic heterocycles. The molecule has 0 amide bonds. The molecule has 5 nitrogen and oxygen atoms in total. The molecule has 0 unspecified atom stereocenters. The molecule has 19 heavy (non-hydrogen) atoms. The van der Waals surface area contributed by atoms with E-state index in [2.05, 4.69) is 16.2 Å². The summed E-state index contributed by atoms with van der Waals surface area (Å²) in [5, 5.41) is 4.35. The maximum Gasteiger partial charge on any atom is 0.323 e. The van der Waals surface area contributed by atoms with Crippen LogP contribution in [0.2, 0.25) is 0 Å². The number of hydrogen-bond acceptors (Lipinski definition) is 4. The third-order valence-electron chi connectivity index (χ3n) is 4.13. The number of rotatable bonds is 3. The van der Waals surface area contributed by atoms with Crippen molar-refractivity contribution in [2.45, 2.75) is 57.8 Å². The molecule has 0 saturated carbocycles. The number of aromatic nitrogens is 2. The molecule has 0 radical (unpaired) electrons. The topological polar surface area (TPSA) is 47.4 Å². The molecule has 3 atom stereocenters. The van der Waals surface area contributed by atoms with E-state index in [0.29, 0.717) is 6.04 Å². The second-order valence-electron chi connectivity index (χ2n) is 5.77. The number of nitrogens with zero attached hydrogens (tertiary/aromatic N) is 3. The number of ether oxygens (including phenoxy) is 1. The lowest BCUT2D eigenvalue weighted by molar-refractivity contribution is -0.145. The molecule has 0 aliphatic carbocycles. The van der Waals surface area contributed by atoms with Crippen LogP contribution in [0.4, 0.5) is 0 Å². The highest BCUT2D eigenvalue weighted by atomic mass is 16.6. The minimum absolute atomic E-state index is 0.0424. The van der Waals surface area contributed by atoms with Gasteiger partial charge in [-0.2, -0.15) is 5.10 Å². The highest BCUT2D eigenvalue weighted by molar-refractivity contribution is 5.78. The summed E-state index contributed by atoms with van der Waals surface area (Å²) in [4.78, 5) is 14.2. The van der Waals surface area contributed by atoms with Gasteiger partial charge in [-0.05, 0) is 38.8 Å². The largest absolute Gasteiger partial charge is 0.461 e. The molecule has 2 aliphatic heterocycles. The van der Waals surface area contributed by atoms with Gasteiger partial charge < -0.3 is 4.74 Å². The van der Waals surface area contributed by atoms with Crippen LogP contribution in [0.15, 0.2) is 12.4 Å². The standard InChI is InChI=1S/C14H21N3O2/c1-10-7-15-16(8-10)9-12-4-3-5-17(12)13-6-11(2)19-14(13)18/h7-8,11-13H,3-6,9H2,1-2H3/t11-,12+,13+/m1/s1. The lowest BCUT2D eigenvalue weighted by Gasteiger charge is -2.27. The summed E-state index contributed by atoms with van der Waals surface area (Å²) in [7, 11) is 0. The third kappa shape index (κ3) is 2.52. The van der Waals surface area contributed by atoms with Gasteiger partial charge >= 0.3 is 5.97 Å². The average molecular weight is 263 g/mol. The molecule has 0 spiro atoms. The predicted octanol–water partition coefficient (Wildman–Crippen LogP) is 1.36. The molecule has 104 valence electrons. The highest BCUT2D eigenvalue weighted by Crippen LogP contribution is 2.28. The van der Waals surface area contributed by atoms with Gasteiger partial charge in [0.15, 0.2) is 0 Å². The van der Waals surface area contributed by atoms with Gasteiger partial charge in [0.05, 0.1) is 12.7 Å². The summed E-state index contributed by atoms with van der Waals surface area (Å²) >= 11 is 0. The Kier molecular flexibility index (Phi) is 3.31. The zero-order chi connectivity index (χ0) is 13.4. The zero-order valence-corrected chi connectivity index (χ0v) is 11.6. The van der Waals surface area contributed by atoms with Gasteiger partial charge in [0.1, 0.15) is 12.1 Å². The number of carbonyl (C=O) groups excluding carboxylic acids is 1. The van der Waals surface area contributed by atoms with Crippen molar-refractivity contribution in [3.05, 3.63) is 18.0 Å². The summed E-state index contributed by atoms with van der Waals surface area (Å²) in [5.74, 6) is -0.0453. The van der Waals surface area contributed by atoms with Crippen molar-refractivity contribution < 1.29 is 9.53 Å². The number of likely N-dealkylation sites (tertiary alicyclic amines) is 1. The Balaban J connectivity index is 1.69. The Hall–Kier alpha value is -1.36. The Morgan fingerprint density at radius 1 is 1.53 bits per heavy atom. The van der Waals surface area contributed by atoms with E-state index in [0.717, 1.165) is 32.4 Å². The molecule has 1 aromatic rings. The van der Waals surface area contributed by atoms with E-state index in [-0.39, 0.29) is 18.1 Å². The average Bonchev–Trinajstić information content (AvgIpc) is 3.02. The molecule has 0 N–H and O–H groups in total. The molecule has 5 heteroatoms. The molecule has 0 bridgehead atoms. The van der Waals surface area contributed by atoms with Crippen LogP contribution in [0.5, 0.6) is 0 Å². The molecule has 3 rings (SSSR count). The highest BCUT2D eigenvalue weighted by Gasteiger charge is 2.41. The van der Waals surface area contributed by atoms with Crippen LogP contribution in [0, 0.1) is 6.92 Å². The molecule has 2 fully saturated rings. The number of carbonyl (C=O) groups is 1. The Morgan fingerprint density at radius 2 is 2.37 bits per heavy atom. The van der Waals surface area contributed by atoms with E-state index in [9.17, 15) is 4.79 Å². The molecular weight excluding hydrogens is 242 g/mol. The monoisotopic (exact) mass is 263 g/mol. The Labute approximate surface area is 113 Å². The summed E-state index contributed by atoms with van der Waals surface area (Å²) in [6.07, 6.45) is 7.12. The first kappa shape index (κ1) is 12.7. The quantitative estimate of drug-likeness (QED) is 0.773. The summed E-state index contributed by atoms with van der Waals surface area (Å²) in [6, 6.07) is 0.362. The van der Waals surface area contributed by atoms with E-state index in [1.165, 1.54) is 5.56 Å². The van der Waals surface area contributed by atoms with Gasteiger partial charge in [0.25, 0.3) is 0 Å². The van der Waals surface area contributed by atoms with Crippen LogP contribution in [-0.4, -0.2) is 45.4 Å². The minimum Gasteiger partial charge on any atom is -0.461 e. The van der Waals surface area contributed by atoms with Crippen LogP contribution in [0.25, 0.3) is 0 Å². The van der Waals surface area contributed by atoms with Crippen LogP contribution >= 0.6 is 0 Å². The third-order valence-corrected chi connectivity index (χ3v) is 4.13. The predicted molar refractivity (Wildman–Crippen MR) is 70.7 cm³/mol. The van der Waals surface area contributed by atoms with Gasteiger partial charge in [0, 0.05) is 18.7 Å². The fourth-order valence-corrected chi connectivity index (χ4v) is 3.25. The zero-order valence-electron chi connectivity index (χ0n) is 11.6. The Bertz CT molecular complexity index is 471. The molecule has 2 saturated heterocycles. The first-order valence-corrected chi connectivity index (χ1v) is 7.09. The van der Waals surface area contributed by atoms with Crippen molar-refractivity contribution in [3.8, 4) is 0 Å². The summed E-state index contributed by atoms with van der Waals surface area (Å²) in [6.45, 7) is 5.88. The van der Waals surface area contributed by atoms with Gasteiger partial charge in [-0.1, -0.05) is 0 Å². The first-order chi connectivity index (χ1) is 9.13. The van der Waals surface area contributed by atoms with Crippen molar-refractivity contribution in [1.82, 2.24) is 14.7 Å². The van der Waals surface area contributed by atoms with E-state index >= 15 is 0 Å². The summed E-state index contributed by atoms with van der Waals surface area (Å²) < 4.78 is 7.27. The number of esters is 1. The molecule has 2 aliphatic rings. The van der Waals surface area contributed by atoms with Crippen molar-refractivity contribution in [1.29, 1.82) is 0 Å². The minimum atomic E-state index is -0.0453. The smallest absolute Gasteiger partial charge is 0.323 e.